The molecule has 1 aromatic rings. The van der Waals surface area contributed by atoms with Gasteiger partial charge in [-0.05, 0) is 82.1 Å². The Kier molecular flexibility index (Phi) is 8.77. The number of carbonyl (C=O) groups is 2. The van der Waals surface area contributed by atoms with Crippen LogP contribution in [-0.2, 0) is 25.7 Å². The fourth-order valence-electron chi connectivity index (χ4n) is 5.19. The largest absolute Gasteiger partial charge is 0.444 e. The Hall–Kier alpha value is -2.34. The molecule has 1 saturated heterocycles. The predicted molar refractivity (Wildman–Crippen MR) is 136 cm³/mol. The van der Waals surface area contributed by atoms with Crippen LogP contribution in [0.4, 0.5) is 18.0 Å². The monoisotopic (exact) mass is 561 g/mol. The summed E-state index contributed by atoms with van der Waals surface area (Å²) in [6.45, 7) is 9.56. The summed E-state index contributed by atoms with van der Waals surface area (Å²) in [6, 6.07) is 2.47. The van der Waals surface area contributed by atoms with Gasteiger partial charge in [0.15, 0.2) is 0 Å². The van der Waals surface area contributed by atoms with Crippen molar-refractivity contribution in [3.05, 3.63) is 29.8 Å². The topological polar surface area (TPSA) is 96.0 Å². The lowest BCUT2D eigenvalue weighted by Crippen LogP contribution is -2.52. The summed E-state index contributed by atoms with van der Waals surface area (Å²) in [5.41, 5.74) is -1.63. The van der Waals surface area contributed by atoms with Crippen molar-refractivity contribution in [3.8, 4) is 0 Å². The molecule has 12 heteroatoms. The smallest absolute Gasteiger partial charge is 0.416 e. The van der Waals surface area contributed by atoms with Crippen LogP contribution < -0.4 is 5.32 Å². The molecule has 0 radical (unpaired) electrons. The van der Waals surface area contributed by atoms with Gasteiger partial charge in [-0.15, -0.1) is 0 Å². The first-order valence-electron chi connectivity index (χ1n) is 12.8. The molecule has 2 fully saturated rings. The predicted octanol–water partition coefficient (Wildman–Crippen LogP) is 4.50. The number of likely N-dealkylation sites (N-methyl/N-ethyl adjacent to an activating group) is 1. The lowest BCUT2D eigenvalue weighted by molar-refractivity contribution is -0.137. The first-order chi connectivity index (χ1) is 17.4. The van der Waals surface area contributed by atoms with Crippen LogP contribution in [0.15, 0.2) is 29.2 Å². The van der Waals surface area contributed by atoms with Crippen LogP contribution in [0.3, 0.4) is 0 Å². The summed E-state index contributed by atoms with van der Waals surface area (Å²) in [7, 11) is -2.45. The maximum absolute atomic E-state index is 13.4. The number of ether oxygens (including phenoxy) is 1. The molecule has 2 aliphatic rings. The van der Waals surface area contributed by atoms with E-state index in [2.05, 4.69) is 5.32 Å². The molecule has 1 unspecified atom stereocenters. The van der Waals surface area contributed by atoms with Crippen LogP contribution in [0.25, 0.3) is 0 Å². The third-order valence-electron chi connectivity index (χ3n) is 7.12. The van der Waals surface area contributed by atoms with Gasteiger partial charge < -0.3 is 10.1 Å². The zero-order valence-electron chi connectivity index (χ0n) is 22.7. The molecule has 4 atom stereocenters. The molecule has 2 amide bonds. The number of nitrogens with one attached hydrogen (secondary N) is 1. The van der Waals surface area contributed by atoms with Crippen LogP contribution in [0, 0.1) is 17.8 Å². The van der Waals surface area contributed by atoms with Crippen LogP contribution in [0.1, 0.15) is 59.4 Å². The zero-order valence-corrected chi connectivity index (χ0v) is 23.5. The molecule has 1 saturated carbocycles. The fourth-order valence-corrected chi connectivity index (χ4v) is 6.73. The maximum atomic E-state index is 13.4. The Morgan fingerprint density at radius 3 is 2.24 bits per heavy atom. The van der Waals surface area contributed by atoms with E-state index in [0.717, 1.165) is 24.3 Å². The van der Waals surface area contributed by atoms with E-state index in [-0.39, 0.29) is 47.7 Å². The average molecular weight is 562 g/mol. The third kappa shape index (κ3) is 6.99. The van der Waals surface area contributed by atoms with E-state index in [1.165, 1.54) is 16.3 Å². The number of amides is 2. The van der Waals surface area contributed by atoms with E-state index >= 15 is 0 Å². The molecule has 8 nitrogen and oxygen atoms in total. The number of hydrogen-bond acceptors (Lipinski definition) is 5. The molecule has 214 valence electrons. The van der Waals surface area contributed by atoms with E-state index in [1.54, 1.807) is 20.8 Å². The van der Waals surface area contributed by atoms with Gasteiger partial charge in [0.25, 0.3) is 0 Å². The quantitative estimate of drug-likeness (QED) is 0.529. The Balaban J connectivity index is 1.70. The molecule has 3 rings (SSSR count). The molecule has 1 aromatic carbocycles. The van der Waals surface area contributed by atoms with Crippen molar-refractivity contribution in [2.45, 2.75) is 82.6 Å². The fraction of sp³-hybridized carbons (Fsp3) is 0.692. The van der Waals surface area contributed by atoms with Gasteiger partial charge in [0.1, 0.15) is 11.6 Å². The van der Waals surface area contributed by atoms with E-state index in [4.69, 9.17) is 4.74 Å². The Morgan fingerprint density at radius 2 is 1.71 bits per heavy atom. The molecule has 1 aliphatic carbocycles. The van der Waals surface area contributed by atoms with Crippen molar-refractivity contribution in [1.29, 1.82) is 0 Å². The van der Waals surface area contributed by atoms with Gasteiger partial charge in [-0.1, -0.05) is 13.8 Å². The van der Waals surface area contributed by atoms with E-state index in [9.17, 15) is 31.2 Å². The number of rotatable bonds is 7. The molecule has 1 N–H and O–H groups in total. The third-order valence-corrected chi connectivity index (χ3v) is 8.96. The number of nitrogens with zero attached hydrogens (tertiary/aromatic N) is 2. The minimum Gasteiger partial charge on any atom is -0.444 e. The van der Waals surface area contributed by atoms with E-state index in [1.807, 2.05) is 13.8 Å². The second kappa shape index (κ2) is 11.0. The lowest BCUT2D eigenvalue weighted by Gasteiger charge is -2.32. The SMILES string of the molecule is CC(C)CC(C(=O)N[C@H]1CC[C@H]2CN(S(=O)(=O)c3ccc(C(F)(F)F)cc3)C[C@H]21)N(C)C(=O)OC(C)(C)C. The number of hydrogen-bond donors (Lipinski definition) is 1. The summed E-state index contributed by atoms with van der Waals surface area (Å²) < 4.78 is 71.7. The van der Waals surface area contributed by atoms with Gasteiger partial charge in [-0.25, -0.2) is 13.2 Å². The second-order valence-corrected chi connectivity index (χ2v) is 13.6. The Bertz CT molecular complexity index is 1120. The van der Waals surface area contributed by atoms with Gasteiger partial charge >= 0.3 is 12.3 Å². The van der Waals surface area contributed by atoms with Crippen molar-refractivity contribution >= 4 is 22.0 Å². The number of sulfonamides is 1. The van der Waals surface area contributed by atoms with Crippen LogP contribution in [-0.4, -0.2) is 67.4 Å². The van der Waals surface area contributed by atoms with Gasteiger partial charge in [0.05, 0.1) is 10.5 Å². The molecular weight excluding hydrogens is 523 g/mol. The lowest BCUT2D eigenvalue weighted by atomic mass is 9.96. The maximum Gasteiger partial charge on any atom is 0.416 e. The standard InChI is InChI=1S/C26H38F3N3O5S/c1-16(2)13-22(31(6)24(34)37-25(3,4)5)23(33)30-21-12-7-17-14-32(15-20(17)21)38(35,36)19-10-8-18(9-11-19)26(27,28)29/h8-11,16-17,20-22H,7,12-15H2,1-6H3,(H,30,33)/t17-,20+,21-,22?/m0/s1. The van der Waals surface area contributed by atoms with Gasteiger partial charge in [-0.2, -0.15) is 17.5 Å². The first-order valence-corrected chi connectivity index (χ1v) is 14.3. The van der Waals surface area contributed by atoms with E-state index in [0.29, 0.717) is 19.3 Å². The second-order valence-electron chi connectivity index (χ2n) is 11.7. The van der Waals surface area contributed by atoms with Crippen LogP contribution in [0.2, 0.25) is 0 Å². The van der Waals surface area contributed by atoms with Gasteiger partial charge in [-0.3, -0.25) is 9.69 Å². The Morgan fingerprint density at radius 1 is 1.11 bits per heavy atom. The highest BCUT2D eigenvalue weighted by atomic mass is 32.2. The molecule has 38 heavy (non-hydrogen) atoms. The van der Waals surface area contributed by atoms with Crippen molar-refractivity contribution in [1.82, 2.24) is 14.5 Å². The van der Waals surface area contributed by atoms with Crippen molar-refractivity contribution < 1.29 is 35.9 Å². The molecule has 0 bridgehead atoms. The Labute approximate surface area is 222 Å². The minimum atomic E-state index is -4.55. The zero-order chi connectivity index (χ0) is 28.6. The highest BCUT2D eigenvalue weighted by Gasteiger charge is 2.47. The minimum absolute atomic E-state index is 0.0247. The molecule has 0 aromatic heterocycles. The van der Waals surface area contributed by atoms with E-state index < -0.39 is 39.5 Å². The summed E-state index contributed by atoms with van der Waals surface area (Å²) >= 11 is 0. The molecule has 0 spiro atoms. The van der Waals surface area contributed by atoms with Crippen molar-refractivity contribution in [2.75, 3.05) is 20.1 Å². The highest BCUT2D eigenvalue weighted by molar-refractivity contribution is 7.89. The normalized spacial score (nSPS) is 23.3. The number of fused-ring (bicyclic) bond motifs is 1. The van der Waals surface area contributed by atoms with Crippen LogP contribution >= 0.6 is 0 Å². The molecular formula is C26H38F3N3O5S. The number of alkyl halides is 3. The first kappa shape index (κ1) is 30.2. The highest BCUT2D eigenvalue weighted by Crippen LogP contribution is 2.40. The molecule has 1 aliphatic heterocycles. The summed E-state index contributed by atoms with van der Waals surface area (Å²) in [5.74, 6) is -0.295. The van der Waals surface area contributed by atoms with Gasteiger partial charge in [0.2, 0.25) is 15.9 Å². The van der Waals surface area contributed by atoms with Crippen molar-refractivity contribution in [3.63, 3.8) is 0 Å². The number of benzene rings is 1. The summed E-state index contributed by atoms with van der Waals surface area (Å²) in [4.78, 5) is 27.1. The number of carbonyl (C=O) groups excluding carboxylic acids is 2. The van der Waals surface area contributed by atoms with Gasteiger partial charge in [0, 0.05) is 26.2 Å². The summed E-state index contributed by atoms with van der Waals surface area (Å²) in [5, 5.41) is 3.06. The van der Waals surface area contributed by atoms with Crippen molar-refractivity contribution in [2.24, 2.45) is 17.8 Å². The molecule has 1 heterocycles. The van der Waals surface area contributed by atoms with Crippen LogP contribution in [0.5, 0.6) is 0 Å². The summed E-state index contributed by atoms with van der Waals surface area (Å²) in [6.07, 6.45) is -3.33. The number of halogens is 3. The average Bonchev–Trinajstić information content (AvgIpc) is 3.37.